The molecule has 0 amide bonds. The molecule has 0 aromatic heterocycles. The Bertz CT molecular complexity index is 446. The summed E-state index contributed by atoms with van der Waals surface area (Å²) in [5.74, 6) is -0.0528. The summed E-state index contributed by atoms with van der Waals surface area (Å²) in [5.41, 5.74) is -1.67. The molecule has 0 spiro atoms. The number of rotatable bonds is 2. The molecule has 4 saturated carbocycles. The highest BCUT2D eigenvalue weighted by Gasteiger charge is 2.62. The maximum atomic E-state index is 12.3. The van der Waals surface area contributed by atoms with Gasteiger partial charge in [0.2, 0.25) is 0 Å². The largest absolute Gasteiger partial charge is 0.481 e. The Hall–Kier alpha value is -1.06. The highest BCUT2D eigenvalue weighted by Crippen LogP contribution is 2.63. The van der Waals surface area contributed by atoms with Gasteiger partial charge in [0.15, 0.2) is 0 Å². The number of hydrogen-bond donors (Lipinski definition) is 1. The van der Waals surface area contributed by atoms with E-state index in [1.807, 2.05) is 20.8 Å². The third-order valence-corrected chi connectivity index (χ3v) is 5.38. The molecule has 2 atom stereocenters. The fourth-order valence-electron chi connectivity index (χ4n) is 4.90. The maximum Gasteiger partial charge on any atom is 0.311 e. The van der Waals surface area contributed by atoms with Gasteiger partial charge in [-0.2, -0.15) is 0 Å². The predicted molar refractivity (Wildman–Crippen MR) is 73.0 cm³/mol. The van der Waals surface area contributed by atoms with Crippen molar-refractivity contribution in [3.05, 3.63) is 0 Å². The Morgan fingerprint density at radius 1 is 1.10 bits per heavy atom. The standard InChI is InChI=1S/C16H24O4/c1-14(2,3)13(19)20-16-7-10-4-11(8-16)6-15(5-10,9-16)12(17)18/h10-11H,4-9H2,1-3H3,(H,17,18). The first-order valence-electron chi connectivity index (χ1n) is 7.61. The Morgan fingerprint density at radius 2 is 1.65 bits per heavy atom. The lowest BCUT2D eigenvalue weighted by molar-refractivity contribution is -0.215. The number of hydrogen-bond acceptors (Lipinski definition) is 3. The SMILES string of the molecule is CC(C)(C)C(=O)OC12CC3CC(C1)CC(C(=O)O)(C3)C2. The zero-order chi connectivity index (χ0) is 14.8. The molecule has 0 aromatic carbocycles. The average molecular weight is 280 g/mol. The number of carboxylic acid groups (broad SMARTS) is 1. The molecule has 0 aromatic rings. The van der Waals surface area contributed by atoms with Gasteiger partial charge in [-0.05, 0) is 64.7 Å². The van der Waals surface area contributed by atoms with Crippen LogP contribution in [0.5, 0.6) is 0 Å². The van der Waals surface area contributed by atoms with E-state index < -0.39 is 22.4 Å². The minimum absolute atomic E-state index is 0.194. The van der Waals surface area contributed by atoms with Crippen molar-refractivity contribution in [2.45, 2.75) is 64.9 Å². The highest BCUT2D eigenvalue weighted by atomic mass is 16.6. The van der Waals surface area contributed by atoms with E-state index in [1.54, 1.807) is 0 Å². The number of carbonyl (C=O) groups excluding carboxylic acids is 1. The van der Waals surface area contributed by atoms with Crippen LogP contribution in [-0.2, 0) is 14.3 Å². The summed E-state index contributed by atoms with van der Waals surface area (Å²) in [6, 6.07) is 0. The maximum absolute atomic E-state index is 12.3. The van der Waals surface area contributed by atoms with Crippen molar-refractivity contribution in [1.29, 1.82) is 0 Å². The molecule has 0 aliphatic heterocycles. The lowest BCUT2D eigenvalue weighted by Gasteiger charge is -2.59. The van der Waals surface area contributed by atoms with Crippen molar-refractivity contribution >= 4 is 11.9 Å². The van der Waals surface area contributed by atoms with E-state index in [0.717, 1.165) is 32.1 Å². The van der Waals surface area contributed by atoms with Crippen molar-refractivity contribution < 1.29 is 19.4 Å². The lowest BCUT2D eigenvalue weighted by Crippen LogP contribution is -2.60. The molecule has 0 radical (unpaired) electrons. The van der Waals surface area contributed by atoms with Crippen molar-refractivity contribution in [3.63, 3.8) is 0 Å². The van der Waals surface area contributed by atoms with Crippen LogP contribution in [0.4, 0.5) is 0 Å². The van der Waals surface area contributed by atoms with Crippen molar-refractivity contribution in [2.75, 3.05) is 0 Å². The molecular formula is C16H24O4. The Kier molecular flexibility index (Phi) is 2.77. The van der Waals surface area contributed by atoms with Gasteiger partial charge in [0.1, 0.15) is 5.60 Å². The smallest absolute Gasteiger partial charge is 0.311 e. The number of carbonyl (C=O) groups is 2. The molecular weight excluding hydrogens is 256 g/mol. The summed E-state index contributed by atoms with van der Waals surface area (Å²) >= 11 is 0. The number of ether oxygens (including phenoxy) is 1. The molecule has 4 nitrogen and oxygen atoms in total. The molecule has 0 heterocycles. The second-order valence-electron chi connectivity index (χ2n) is 8.37. The second-order valence-corrected chi connectivity index (χ2v) is 8.37. The molecule has 4 heteroatoms. The van der Waals surface area contributed by atoms with Gasteiger partial charge < -0.3 is 9.84 Å². The van der Waals surface area contributed by atoms with Gasteiger partial charge in [-0.1, -0.05) is 0 Å². The van der Waals surface area contributed by atoms with Crippen LogP contribution in [0.2, 0.25) is 0 Å². The van der Waals surface area contributed by atoms with Crippen LogP contribution in [0.25, 0.3) is 0 Å². The van der Waals surface area contributed by atoms with E-state index in [4.69, 9.17) is 4.74 Å². The normalized spacial score (nSPS) is 42.5. The number of aliphatic carboxylic acids is 1. The number of carboxylic acids is 1. The molecule has 4 rings (SSSR count). The predicted octanol–water partition coefficient (Wildman–Crippen LogP) is 3.00. The van der Waals surface area contributed by atoms with Gasteiger partial charge in [-0.25, -0.2) is 0 Å². The fourth-order valence-corrected chi connectivity index (χ4v) is 4.90. The second kappa shape index (κ2) is 3.99. The summed E-state index contributed by atoms with van der Waals surface area (Å²) in [4.78, 5) is 24.0. The van der Waals surface area contributed by atoms with E-state index in [2.05, 4.69) is 0 Å². The van der Waals surface area contributed by atoms with Gasteiger partial charge in [-0.15, -0.1) is 0 Å². The van der Waals surface area contributed by atoms with Crippen LogP contribution in [0.1, 0.15) is 59.3 Å². The summed E-state index contributed by atoms with van der Waals surface area (Å²) < 4.78 is 5.89. The Labute approximate surface area is 119 Å². The molecule has 2 unspecified atom stereocenters. The van der Waals surface area contributed by atoms with Crippen LogP contribution < -0.4 is 0 Å². The molecule has 20 heavy (non-hydrogen) atoms. The third-order valence-electron chi connectivity index (χ3n) is 5.38. The van der Waals surface area contributed by atoms with Crippen LogP contribution >= 0.6 is 0 Å². The topological polar surface area (TPSA) is 63.6 Å². The van der Waals surface area contributed by atoms with Gasteiger partial charge in [-0.3, -0.25) is 9.59 Å². The average Bonchev–Trinajstić information content (AvgIpc) is 2.24. The monoisotopic (exact) mass is 280 g/mol. The molecule has 1 N–H and O–H groups in total. The zero-order valence-corrected chi connectivity index (χ0v) is 12.6. The highest BCUT2D eigenvalue weighted by molar-refractivity contribution is 5.77. The first-order chi connectivity index (χ1) is 9.14. The van der Waals surface area contributed by atoms with E-state index in [-0.39, 0.29) is 5.97 Å². The minimum atomic E-state index is -0.692. The molecule has 4 bridgehead atoms. The molecule has 4 aliphatic carbocycles. The van der Waals surface area contributed by atoms with Crippen LogP contribution in [0.3, 0.4) is 0 Å². The van der Waals surface area contributed by atoms with Gasteiger partial charge in [0.05, 0.1) is 10.8 Å². The Balaban J connectivity index is 1.87. The van der Waals surface area contributed by atoms with Crippen molar-refractivity contribution in [1.82, 2.24) is 0 Å². The summed E-state index contributed by atoms with van der Waals surface area (Å²) in [6.45, 7) is 5.55. The molecule has 4 fully saturated rings. The van der Waals surface area contributed by atoms with E-state index in [1.165, 1.54) is 0 Å². The fraction of sp³-hybridized carbons (Fsp3) is 0.875. The van der Waals surface area contributed by atoms with E-state index in [9.17, 15) is 14.7 Å². The Morgan fingerprint density at radius 3 is 2.10 bits per heavy atom. The van der Waals surface area contributed by atoms with E-state index >= 15 is 0 Å². The summed E-state index contributed by atoms with van der Waals surface area (Å²) in [7, 11) is 0. The van der Waals surface area contributed by atoms with Gasteiger partial charge in [0.25, 0.3) is 0 Å². The van der Waals surface area contributed by atoms with Crippen LogP contribution in [0.15, 0.2) is 0 Å². The quantitative estimate of drug-likeness (QED) is 0.790. The first-order valence-corrected chi connectivity index (χ1v) is 7.61. The lowest BCUT2D eigenvalue weighted by atomic mass is 9.48. The van der Waals surface area contributed by atoms with Crippen molar-refractivity contribution in [3.8, 4) is 0 Å². The zero-order valence-electron chi connectivity index (χ0n) is 12.6. The van der Waals surface area contributed by atoms with E-state index in [0.29, 0.717) is 18.3 Å². The summed E-state index contributed by atoms with van der Waals surface area (Å²) in [6.07, 6.45) is 4.90. The summed E-state index contributed by atoms with van der Waals surface area (Å²) in [5, 5.41) is 9.65. The molecule has 0 saturated heterocycles. The third kappa shape index (κ3) is 2.04. The number of esters is 1. The van der Waals surface area contributed by atoms with Crippen LogP contribution in [0, 0.1) is 22.7 Å². The van der Waals surface area contributed by atoms with Crippen molar-refractivity contribution in [2.24, 2.45) is 22.7 Å². The van der Waals surface area contributed by atoms with Crippen LogP contribution in [-0.4, -0.2) is 22.6 Å². The first kappa shape index (κ1) is 13.9. The van der Waals surface area contributed by atoms with Gasteiger partial charge in [0, 0.05) is 6.42 Å². The molecule has 4 aliphatic rings. The van der Waals surface area contributed by atoms with Gasteiger partial charge >= 0.3 is 11.9 Å². The minimum Gasteiger partial charge on any atom is -0.481 e. The molecule has 112 valence electrons.